The van der Waals surface area contributed by atoms with E-state index in [0.29, 0.717) is 10.6 Å². The fourth-order valence-corrected chi connectivity index (χ4v) is 2.49. The fraction of sp³-hybridized carbons (Fsp3) is 0.0769. The maximum absolute atomic E-state index is 11.5. The fourth-order valence-electron chi connectivity index (χ4n) is 1.42. The van der Waals surface area contributed by atoms with Gasteiger partial charge in [0, 0.05) is 10.5 Å². The molecular formula is C13H10BrN3O4S. The van der Waals surface area contributed by atoms with E-state index in [1.165, 1.54) is 12.3 Å². The number of hydrazone groups is 1. The van der Waals surface area contributed by atoms with Crippen LogP contribution in [0.4, 0.5) is 5.00 Å². The van der Waals surface area contributed by atoms with Gasteiger partial charge in [-0.05, 0) is 24.3 Å². The van der Waals surface area contributed by atoms with Gasteiger partial charge in [0.25, 0.3) is 5.91 Å². The van der Waals surface area contributed by atoms with E-state index in [2.05, 4.69) is 26.5 Å². The molecule has 7 nitrogen and oxygen atoms in total. The highest BCUT2D eigenvalue weighted by molar-refractivity contribution is 9.10. The maximum Gasteiger partial charge on any atom is 0.324 e. The van der Waals surface area contributed by atoms with E-state index >= 15 is 0 Å². The molecule has 0 unspecified atom stereocenters. The maximum atomic E-state index is 11.5. The van der Waals surface area contributed by atoms with E-state index in [0.717, 1.165) is 15.8 Å². The van der Waals surface area contributed by atoms with Crippen molar-refractivity contribution in [3.05, 3.63) is 55.9 Å². The van der Waals surface area contributed by atoms with Gasteiger partial charge in [0.2, 0.25) is 0 Å². The minimum absolute atomic E-state index is 0.0192. The van der Waals surface area contributed by atoms with Crippen molar-refractivity contribution in [1.82, 2.24) is 5.43 Å². The summed E-state index contributed by atoms with van der Waals surface area (Å²) in [5, 5.41) is 14.3. The monoisotopic (exact) mass is 383 g/mol. The van der Waals surface area contributed by atoms with Gasteiger partial charge in [-0.3, -0.25) is 14.9 Å². The smallest absolute Gasteiger partial charge is 0.324 e. The summed E-state index contributed by atoms with van der Waals surface area (Å²) in [6.07, 6.45) is 1.34. The largest absolute Gasteiger partial charge is 0.484 e. The Balaban J connectivity index is 1.79. The van der Waals surface area contributed by atoms with Crippen LogP contribution in [0, 0.1) is 10.1 Å². The van der Waals surface area contributed by atoms with Crippen molar-refractivity contribution < 1.29 is 14.5 Å². The van der Waals surface area contributed by atoms with Crippen molar-refractivity contribution >= 4 is 44.4 Å². The molecule has 114 valence electrons. The number of benzene rings is 1. The van der Waals surface area contributed by atoms with Gasteiger partial charge >= 0.3 is 5.00 Å². The van der Waals surface area contributed by atoms with Crippen LogP contribution in [0.5, 0.6) is 5.75 Å². The molecule has 0 aliphatic carbocycles. The van der Waals surface area contributed by atoms with Crippen molar-refractivity contribution in [3.63, 3.8) is 0 Å². The summed E-state index contributed by atoms with van der Waals surface area (Å²) < 4.78 is 6.13. The summed E-state index contributed by atoms with van der Waals surface area (Å²) in [5.74, 6) is 0.129. The van der Waals surface area contributed by atoms with Crippen LogP contribution in [0.15, 0.2) is 46.0 Å². The van der Waals surface area contributed by atoms with E-state index in [1.807, 2.05) is 6.07 Å². The lowest BCUT2D eigenvalue weighted by molar-refractivity contribution is -0.380. The minimum atomic E-state index is -0.480. The standard InChI is InChI=1S/C13H10BrN3O4S/c14-9-2-1-3-10(6-9)21-8-12(18)16-15-7-11-4-5-13(22-11)17(19)20/h1-7H,8H2,(H,16,18). The van der Waals surface area contributed by atoms with Gasteiger partial charge in [0.05, 0.1) is 16.0 Å². The summed E-state index contributed by atoms with van der Waals surface area (Å²) in [7, 11) is 0. The molecule has 9 heteroatoms. The van der Waals surface area contributed by atoms with Gasteiger partial charge in [0.1, 0.15) is 5.75 Å². The highest BCUT2D eigenvalue weighted by atomic mass is 79.9. The predicted octanol–water partition coefficient (Wildman–Crippen LogP) is 2.95. The molecule has 1 N–H and O–H groups in total. The number of rotatable bonds is 6. The molecule has 0 saturated carbocycles. The molecular weight excluding hydrogens is 374 g/mol. The molecule has 2 rings (SSSR count). The number of hydrogen-bond donors (Lipinski definition) is 1. The van der Waals surface area contributed by atoms with Crippen LogP contribution in [0.25, 0.3) is 0 Å². The lowest BCUT2D eigenvalue weighted by Gasteiger charge is -2.04. The second kappa shape index (κ2) is 7.66. The van der Waals surface area contributed by atoms with Crippen molar-refractivity contribution in [2.45, 2.75) is 0 Å². The number of nitro groups is 1. The Morgan fingerprint density at radius 1 is 1.45 bits per heavy atom. The highest BCUT2D eigenvalue weighted by Crippen LogP contribution is 2.22. The van der Waals surface area contributed by atoms with Crippen molar-refractivity contribution in [2.75, 3.05) is 6.61 Å². The van der Waals surface area contributed by atoms with E-state index in [4.69, 9.17) is 4.74 Å². The molecule has 1 amide bonds. The molecule has 22 heavy (non-hydrogen) atoms. The second-order valence-electron chi connectivity index (χ2n) is 3.97. The zero-order valence-electron chi connectivity index (χ0n) is 11.1. The van der Waals surface area contributed by atoms with Gasteiger partial charge in [0.15, 0.2) is 6.61 Å². The molecule has 2 aromatic rings. The lowest BCUT2D eigenvalue weighted by Crippen LogP contribution is -2.24. The Hall–Kier alpha value is -2.26. The number of hydrogen-bond acceptors (Lipinski definition) is 6. The number of amides is 1. The SMILES string of the molecule is O=C(COc1cccc(Br)c1)NN=Cc1ccc([N+](=O)[O-])s1. The Kier molecular flexibility index (Phi) is 5.61. The van der Waals surface area contributed by atoms with Gasteiger partial charge in [-0.2, -0.15) is 5.10 Å². The molecule has 0 bridgehead atoms. The number of carbonyl (C=O) groups excluding carboxylic acids is 1. The van der Waals surface area contributed by atoms with E-state index < -0.39 is 10.8 Å². The van der Waals surface area contributed by atoms with Crippen LogP contribution in [0.1, 0.15) is 4.88 Å². The summed E-state index contributed by atoms with van der Waals surface area (Å²) in [6, 6.07) is 10.0. The number of ether oxygens (including phenoxy) is 1. The molecule has 0 fully saturated rings. The van der Waals surface area contributed by atoms with Crippen LogP contribution in [0.2, 0.25) is 0 Å². The number of nitrogens with zero attached hydrogens (tertiary/aromatic N) is 2. The topological polar surface area (TPSA) is 93.8 Å². The molecule has 1 aromatic heterocycles. The number of thiophene rings is 1. The van der Waals surface area contributed by atoms with Gasteiger partial charge < -0.3 is 4.74 Å². The Morgan fingerprint density at radius 2 is 2.27 bits per heavy atom. The average molecular weight is 384 g/mol. The van der Waals surface area contributed by atoms with E-state index in [9.17, 15) is 14.9 Å². The summed E-state index contributed by atoms with van der Waals surface area (Å²) in [6.45, 7) is -0.182. The predicted molar refractivity (Wildman–Crippen MR) is 86.3 cm³/mol. The van der Waals surface area contributed by atoms with Crippen LogP contribution in [-0.2, 0) is 4.79 Å². The first kappa shape index (κ1) is 16.1. The molecule has 0 aliphatic rings. The molecule has 1 aromatic carbocycles. The molecule has 0 radical (unpaired) electrons. The lowest BCUT2D eigenvalue weighted by atomic mass is 10.3. The highest BCUT2D eigenvalue weighted by Gasteiger charge is 2.08. The van der Waals surface area contributed by atoms with Crippen LogP contribution >= 0.6 is 27.3 Å². The molecule has 0 aliphatic heterocycles. The van der Waals surface area contributed by atoms with Crippen LogP contribution < -0.4 is 10.2 Å². The Morgan fingerprint density at radius 3 is 2.95 bits per heavy atom. The van der Waals surface area contributed by atoms with Gasteiger partial charge in [-0.15, -0.1) is 0 Å². The van der Waals surface area contributed by atoms with E-state index in [-0.39, 0.29) is 11.6 Å². The number of carbonyl (C=O) groups is 1. The van der Waals surface area contributed by atoms with Crippen molar-refractivity contribution in [3.8, 4) is 5.75 Å². The molecule has 0 saturated heterocycles. The third-order valence-corrected chi connectivity index (χ3v) is 3.80. The minimum Gasteiger partial charge on any atom is -0.484 e. The molecule has 0 spiro atoms. The second-order valence-corrected chi connectivity index (χ2v) is 5.98. The van der Waals surface area contributed by atoms with Crippen molar-refractivity contribution in [1.29, 1.82) is 0 Å². The number of nitrogens with one attached hydrogen (secondary N) is 1. The normalized spacial score (nSPS) is 10.6. The first-order chi connectivity index (χ1) is 10.5. The third kappa shape index (κ3) is 4.93. The quantitative estimate of drug-likeness (QED) is 0.471. The molecule has 1 heterocycles. The van der Waals surface area contributed by atoms with Crippen LogP contribution in [0.3, 0.4) is 0 Å². The van der Waals surface area contributed by atoms with Gasteiger partial charge in [-0.25, -0.2) is 5.43 Å². The zero-order chi connectivity index (χ0) is 15.9. The Bertz CT molecular complexity index is 717. The summed E-state index contributed by atoms with van der Waals surface area (Å²) in [5.41, 5.74) is 2.29. The van der Waals surface area contributed by atoms with Crippen molar-refractivity contribution in [2.24, 2.45) is 5.10 Å². The zero-order valence-corrected chi connectivity index (χ0v) is 13.5. The molecule has 0 atom stereocenters. The first-order valence-corrected chi connectivity index (χ1v) is 7.60. The average Bonchev–Trinajstić information content (AvgIpc) is 2.94. The Labute approximate surface area is 137 Å². The summed E-state index contributed by atoms with van der Waals surface area (Å²) in [4.78, 5) is 22.2. The van der Waals surface area contributed by atoms with Crippen LogP contribution in [-0.4, -0.2) is 23.7 Å². The summed E-state index contributed by atoms with van der Waals surface area (Å²) >= 11 is 4.27. The number of halogens is 1. The van der Waals surface area contributed by atoms with E-state index in [1.54, 1.807) is 24.3 Å². The first-order valence-electron chi connectivity index (χ1n) is 5.99. The third-order valence-electron chi connectivity index (χ3n) is 2.34. The van der Waals surface area contributed by atoms with Gasteiger partial charge in [-0.1, -0.05) is 33.3 Å².